The molecule has 28 heavy (non-hydrogen) atoms. The van der Waals surface area contributed by atoms with Crippen molar-refractivity contribution in [1.29, 1.82) is 0 Å². The van der Waals surface area contributed by atoms with Crippen LogP contribution in [0.1, 0.15) is 39.8 Å². The number of ether oxygens (including phenoxy) is 1. The summed E-state index contributed by atoms with van der Waals surface area (Å²) in [6.07, 6.45) is 1.95. The highest BCUT2D eigenvalue weighted by Crippen LogP contribution is 2.23. The fourth-order valence-corrected chi connectivity index (χ4v) is 3.62. The van der Waals surface area contributed by atoms with E-state index in [9.17, 15) is 24.6 Å². The molecule has 0 aromatic carbocycles. The molecule has 0 spiro atoms. The van der Waals surface area contributed by atoms with Gasteiger partial charge in [-0.05, 0) is 28.8 Å². The molecule has 1 aliphatic heterocycles. The number of pyridine rings is 1. The minimum absolute atomic E-state index is 0.165. The van der Waals surface area contributed by atoms with Gasteiger partial charge in [0.1, 0.15) is 12.2 Å². The maximum absolute atomic E-state index is 12.9. The molecule has 150 valence electrons. The van der Waals surface area contributed by atoms with Gasteiger partial charge in [-0.3, -0.25) is 19.3 Å². The molecule has 0 bridgehead atoms. The molecule has 0 saturated heterocycles. The van der Waals surface area contributed by atoms with Crippen LogP contribution >= 0.6 is 11.3 Å². The zero-order chi connectivity index (χ0) is 20.3. The number of aromatic nitrogens is 1. The Hall–Kier alpha value is -2.85. The van der Waals surface area contributed by atoms with Crippen LogP contribution in [0.3, 0.4) is 0 Å². The normalized spacial score (nSPS) is 13.7. The van der Waals surface area contributed by atoms with Crippen LogP contribution in [0.25, 0.3) is 0 Å². The molecule has 1 amide bonds. The number of thiophene rings is 1. The molecule has 9 nitrogen and oxygen atoms in total. The first-order valence-corrected chi connectivity index (χ1v) is 9.73. The molecule has 0 unspecified atom stereocenters. The molecule has 10 heteroatoms. The topological polar surface area (TPSA) is 112 Å². The molecule has 1 aliphatic rings. The Morgan fingerprint density at radius 1 is 1.32 bits per heavy atom. The van der Waals surface area contributed by atoms with Crippen molar-refractivity contribution in [2.45, 2.75) is 19.9 Å². The van der Waals surface area contributed by atoms with Crippen molar-refractivity contribution in [2.75, 3.05) is 31.4 Å². The van der Waals surface area contributed by atoms with E-state index in [-0.39, 0.29) is 18.9 Å². The highest BCUT2D eigenvalue weighted by atomic mass is 32.1. The lowest BCUT2D eigenvalue weighted by atomic mass is 10.2. The number of amides is 1. The Balaban J connectivity index is 2.00. The fourth-order valence-electron chi connectivity index (χ4n) is 2.96. The van der Waals surface area contributed by atoms with E-state index in [1.807, 2.05) is 23.8 Å². The molecule has 2 aromatic rings. The van der Waals surface area contributed by atoms with Crippen LogP contribution in [-0.4, -0.2) is 58.1 Å². The fraction of sp³-hybridized carbons (Fsp3) is 0.389. The molecule has 0 radical (unpaired) electrons. The average molecular weight is 407 g/mol. The number of aromatic hydroxyl groups is 1. The molecule has 3 heterocycles. The Bertz CT molecular complexity index is 924. The quantitative estimate of drug-likeness (QED) is 0.634. The van der Waals surface area contributed by atoms with Gasteiger partial charge in [0, 0.05) is 19.3 Å². The molecular weight excluding hydrogens is 386 g/mol. The average Bonchev–Trinajstić information content (AvgIpc) is 3.17. The largest absolute Gasteiger partial charge is 0.502 e. The van der Waals surface area contributed by atoms with E-state index in [0.29, 0.717) is 19.8 Å². The van der Waals surface area contributed by atoms with Gasteiger partial charge in [0.2, 0.25) is 5.43 Å². The summed E-state index contributed by atoms with van der Waals surface area (Å²) in [6, 6.07) is 1.91. The first-order chi connectivity index (χ1) is 13.4. The van der Waals surface area contributed by atoms with Gasteiger partial charge in [0.15, 0.2) is 11.4 Å². The lowest BCUT2D eigenvalue weighted by Crippen LogP contribution is -2.54. The van der Waals surface area contributed by atoms with Crippen LogP contribution in [0.2, 0.25) is 0 Å². The number of rotatable bonds is 8. The summed E-state index contributed by atoms with van der Waals surface area (Å²) in [7, 11) is 0. The second-order valence-electron chi connectivity index (χ2n) is 6.34. The van der Waals surface area contributed by atoms with Crippen LogP contribution < -0.4 is 10.4 Å². The summed E-state index contributed by atoms with van der Waals surface area (Å²) in [4.78, 5) is 37.9. The predicted molar refractivity (Wildman–Crippen MR) is 103 cm³/mol. The lowest BCUT2D eigenvalue weighted by Gasteiger charge is -2.39. The third kappa shape index (κ3) is 3.87. The summed E-state index contributed by atoms with van der Waals surface area (Å²) in [5, 5.41) is 25.1. The molecule has 0 fully saturated rings. The van der Waals surface area contributed by atoms with E-state index in [0.717, 1.165) is 18.2 Å². The number of carbonyl (C=O) groups is 2. The van der Waals surface area contributed by atoms with E-state index < -0.39 is 28.6 Å². The van der Waals surface area contributed by atoms with E-state index in [4.69, 9.17) is 4.74 Å². The molecule has 3 rings (SSSR count). The van der Waals surface area contributed by atoms with E-state index >= 15 is 0 Å². The minimum Gasteiger partial charge on any atom is -0.502 e. The van der Waals surface area contributed by atoms with Crippen molar-refractivity contribution in [3.05, 3.63) is 50.1 Å². The molecule has 0 saturated carbocycles. The third-order valence-corrected chi connectivity index (χ3v) is 5.05. The van der Waals surface area contributed by atoms with Crippen molar-refractivity contribution in [2.24, 2.45) is 0 Å². The molecule has 2 N–H and O–H groups in total. The van der Waals surface area contributed by atoms with Gasteiger partial charge >= 0.3 is 5.97 Å². The van der Waals surface area contributed by atoms with E-state index in [1.54, 1.807) is 5.01 Å². The van der Waals surface area contributed by atoms with Gasteiger partial charge in [-0.15, -0.1) is 0 Å². The van der Waals surface area contributed by atoms with Crippen molar-refractivity contribution in [3.8, 4) is 5.75 Å². The number of fused-ring (bicyclic) bond motifs is 1. The summed E-state index contributed by atoms with van der Waals surface area (Å²) < 4.78 is 6.72. The maximum atomic E-state index is 12.9. The Morgan fingerprint density at radius 2 is 2.11 bits per heavy atom. The first-order valence-electron chi connectivity index (χ1n) is 8.79. The van der Waals surface area contributed by atoms with Gasteiger partial charge in [0.25, 0.3) is 5.91 Å². The monoisotopic (exact) mass is 407 g/mol. The van der Waals surface area contributed by atoms with Gasteiger partial charge < -0.3 is 19.8 Å². The third-order valence-electron chi connectivity index (χ3n) is 4.32. The van der Waals surface area contributed by atoms with Crippen molar-refractivity contribution in [1.82, 2.24) is 9.58 Å². The van der Waals surface area contributed by atoms with Gasteiger partial charge in [-0.2, -0.15) is 11.3 Å². The molecule has 2 aromatic heterocycles. The number of hydrogen-bond acceptors (Lipinski definition) is 7. The van der Waals surface area contributed by atoms with Crippen molar-refractivity contribution < 1.29 is 24.5 Å². The van der Waals surface area contributed by atoms with Gasteiger partial charge in [-0.25, -0.2) is 4.79 Å². The predicted octanol–water partition coefficient (Wildman–Crippen LogP) is 1.29. The number of carbonyl (C=O) groups excluding carboxylic acids is 1. The Kier molecular flexibility index (Phi) is 6.00. The summed E-state index contributed by atoms with van der Waals surface area (Å²) >= 11 is 1.51. The highest BCUT2D eigenvalue weighted by Gasteiger charge is 2.34. The van der Waals surface area contributed by atoms with Gasteiger partial charge in [0.05, 0.1) is 13.2 Å². The number of carboxylic acid groups (broad SMARTS) is 1. The Labute approximate surface area is 165 Å². The summed E-state index contributed by atoms with van der Waals surface area (Å²) in [5.74, 6) is -2.87. The number of aromatic carboxylic acids is 1. The summed E-state index contributed by atoms with van der Waals surface area (Å²) in [5.41, 5.74) is -0.953. The Morgan fingerprint density at radius 3 is 2.75 bits per heavy atom. The zero-order valence-electron chi connectivity index (χ0n) is 15.3. The molecule has 0 atom stereocenters. The SMILES string of the molecule is CCCOCCN1CN(Cc2ccsc2)n2cc(C(=O)O)c(=O)c(O)c2C1=O. The van der Waals surface area contributed by atoms with Crippen LogP contribution in [-0.2, 0) is 11.3 Å². The van der Waals surface area contributed by atoms with Crippen LogP contribution in [0.5, 0.6) is 5.75 Å². The zero-order valence-corrected chi connectivity index (χ0v) is 16.1. The second kappa shape index (κ2) is 8.44. The standard InChI is InChI=1S/C18H21N3O6S/c1-2-5-27-6-4-19-11-20(8-12-3-7-28-10-12)21-9-13(18(25)26)15(22)16(23)14(21)17(19)24/h3,7,9-10,23H,2,4-6,8,11H2,1H3,(H,25,26). The van der Waals surface area contributed by atoms with E-state index in [1.165, 1.54) is 20.9 Å². The minimum atomic E-state index is -1.46. The molecule has 0 aliphatic carbocycles. The first kappa shape index (κ1) is 19.9. The van der Waals surface area contributed by atoms with E-state index in [2.05, 4.69) is 0 Å². The maximum Gasteiger partial charge on any atom is 0.341 e. The van der Waals surface area contributed by atoms with Crippen molar-refractivity contribution >= 4 is 23.2 Å². The number of hydrogen-bond donors (Lipinski definition) is 2. The molecular formula is C18H21N3O6S. The smallest absolute Gasteiger partial charge is 0.341 e. The van der Waals surface area contributed by atoms with Crippen LogP contribution in [0.15, 0.2) is 27.8 Å². The van der Waals surface area contributed by atoms with Crippen LogP contribution in [0, 0.1) is 0 Å². The van der Waals surface area contributed by atoms with Crippen LogP contribution in [0.4, 0.5) is 0 Å². The lowest BCUT2D eigenvalue weighted by molar-refractivity contribution is 0.0565. The highest BCUT2D eigenvalue weighted by molar-refractivity contribution is 7.07. The number of carboxylic acids is 1. The number of nitrogens with zero attached hydrogens (tertiary/aromatic N) is 3. The van der Waals surface area contributed by atoms with Crippen molar-refractivity contribution in [3.63, 3.8) is 0 Å². The van der Waals surface area contributed by atoms with Gasteiger partial charge in [-0.1, -0.05) is 6.92 Å². The second-order valence-corrected chi connectivity index (χ2v) is 7.12. The summed E-state index contributed by atoms with van der Waals surface area (Å²) in [6.45, 7) is 3.70.